The number of carbonyl (C=O) groups excluding carboxylic acids is 1. The third-order valence-corrected chi connectivity index (χ3v) is 3.28. The summed E-state index contributed by atoms with van der Waals surface area (Å²) >= 11 is 3.39. The number of halogens is 2. The maximum atomic E-state index is 13.1. The molecule has 1 amide bonds. The summed E-state index contributed by atoms with van der Waals surface area (Å²) in [6, 6.07) is 13.2. The molecular weight excluding hydrogens is 309 g/mol. The van der Waals surface area contributed by atoms with E-state index in [0.717, 1.165) is 10.0 Å². The highest BCUT2D eigenvalue weighted by atomic mass is 79.9. The Bertz CT molecular complexity index is 600. The largest absolute Gasteiger partial charge is 0.346 e. The first-order chi connectivity index (χ1) is 9.06. The molecular formula is C15H13BrFNO. The molecule has 0 saturated heterocycles. The monoisotopic (exact) mass is 321 g/mol. The van der Waals surface area contributed by atoms with Crippen LogP contribution in [-0.4, -0.2) is 5.91 Å². The Morgan fingerprint density at radius 3 is 2.63 bits per heavy atom. The Hall–Kier alpha value is -1.68. The molecule has 0 aliphatic heterocycles. The second-order valence-electron chi connectivity index (χ2n) is 4.26. The van der Waals surface area contributed by atoms with Gasteiger partial charge in [-0.1, -0.05) is 34.1 Å². The Morgan fingerprint density at radius 2 is 1.95 bits per heavy atom. The summed E-state index contributed by atoms with van der Waals surface area (Å²) in [5.41, 5.74) is 1.31. The van der Waals surface area contributed by atoms with Crippen molar-refractivity contribution in [1.29, 1.82) is 0 Å². The average Bonchev–Trinajstić information content (AvgIpc) is 2.38. The maximum Gasteiger partial charge on any atom is 0.251 e. The van der Waals surface area contributed by atoms with Crippen LogP contribution in [0.25, 0.3) is 0 Å². The van der Waals surface area contributed by atoms with Crippen LogP contribution >= 0.6 is 15.9 Å². The van der Waals surface area contributed by atoms with E-state index in [1.165, 1.54) is 18.2 Å². The number of carbonyl (C=O) groups is 1. The van der Waals surface area contributed by atoms with Gasteiger partial charge in [-0.2, -0.15) is 0 Å². The standard InChI is InChI=1S/C15H13BrFNO/c1-10(11-4-2-6-13(16)8-11)18-15(19)12-5-3-7-14(17)9-12/h2-10H,1H3,(H,18,19). The SMILES string of the molecule is CC(NC(=O)c1cccc(F)c1)c1cccc(Br)c1. The zero-order valence-corrected chi connectivity index (χ0v) is 11.9. The van der Waals surface area contributed by atoms with Gasteiger partial charge in [-0.3, -0.25) is 4.79 Å². The van der Waals surface area contributed by atoms with Crippen LogP contribution in [0, 0.1) is 5.82 Å². The number of rotatable bonds is 3. The lowest BCUT2D eigenvalue weighted by Crippen LogP contribution is -2.26. The number of nitrogens with one attached hydrogen (secondary N) is 1. The van der Waals surface area contributed by atoms with E-state index in [-0.39, 0.29) is 11.9 Å². The number of hydrogen-bond donors (Lipinski definition) is 1. The molecule has 0 radical (unpaired) electrons. The predicted molar refractivity (Wildman–Crippen MR) is 76.4 cm³/mol. The lowest BCUT2D eigenvalue weighted by atomic mass is 10.1. The molecule has 0 aliphatic carbocycles. The van der Waals surface area contributed by atoms with Gasteiger partial charge in [0.25, 0.3) is 5.91 Å². The highest BCUT2D eigenvalue weighted by Crippen LogP contribution is 2.18. The molecule has 0 fully saturated rings. The van der Waals surface area contributed by atoms with Gasteiger partial charge < -0.3 is 5.32 Å². The van der Waals surface area contributed by atoms with Gasteiger partial charge >= 0.3 is 0 Å². The molecule has 0 aromatic heterocycles. The van der Waals surface area contributed by atoms with Crippen molar-refractivity contribution in [3.8, 4) is 0 Å². The highest BCUT2D eigenvalue weighted by molar-refractivity contribution is 9.10. The van der Waals surface area contributed by atoms with Crippen LogP contribution in [0.5, 0.6) is 0 Å². The molecule has 0 heterocycles. The van der Waals surface area contributed by atoms with Crippen LogP contribution < -0.4 is 5.32 Å². The van der Waals surface area contributed by atoms with Crippen molar-refractivity contribution in [1.82, 2.24) is 5.32 Å². The minimum atomic E-state index is -0.414. The Balaban J connectivity index is 2.11. The zero-order valence-electron chi connectivity index (χ0n) is 10.4. The molecule has 0 spiro atoms. The van der Waals surface area contributed by atoms with E-state index in [1.54, 1.807) is 6.07 Å². The third kappa shape index (κ3) is 3.64. The summed E-state index contributed by atoms with van der Waals surface area (Å²) in [7, 11) is 0. The van der Waals surface area contributed by atoms with E-state index >= 15 is 0 Å². The fraction of sp³-hybridized carbons (Fsp3) is 0.133. The first-order valence-electron chi connectivity index (χ1n) is 5.88. The van der Waals surface area contributed by atoms with Crippen molar-refractivity contribution >= 4 is 21.8 Å². The van der Waals surface area contributed by atoms with Crippen LogP contribution in [0.4, 0.5) is 4.39 Å². The molecule has 2 nitrogen and oxygen atoms in total. The van der Waals surface area contributed by atoms with Crippen molar-refractivity contribution in [2.75, 3.05) is 0 Å². The summed E-state index contributed by atoms with van der Waals surface area (Å²) in [6.07, 6.45) is 0. The molecule has 2 rings (SSSR count). The van der Waals surface area contributed by atoms with Gasteiger partial charge in [-0.25, -0.2) is 4.39 Å². The minimum Gasteiger partial charge on any atom is -0.346 e. The normalized spacial score (nSPS) is 11.9. The summed E-state index contributed by atoms with van der Waals surface area (Å²) in [5.74, 6) is -0.699. The van der Waals surface area contributed by atoms with Crippen LogP contribution in [0.1, 0.15) is 28.9 Å². The van der Waals surface area contributed by atoms with Crippen LogP contribution in [0.15, 0.2) is 53.0 Å². The van der Waals surface area contributed by atoms with Gasteiger partial charge in [-0.05, 0) is 42.8 Å². The summed E-state index contributed by atoms with van der Waals surface area (Å²) in [4.78, 5) is 12.0. The second kappa shape index (κ2) is 5.97. The highest BCUT2D eigenvalue weighted by Gasteiger charge is 2.12. The van der Waals surface area contributed by atoms with Gasteiger partial charge in [0, 0.05) is 10.0 Å². The fourth-order valence-corrected chi connectivity index (χ4v) is 2.19. The Kier molecular flexibility index (Phi) is 4.32. The summed E-state index contributed by atoms with van der Waals surface area (Å²) in [6.45, 7) is 1.89. The quantitative estimate of drug-likeness (QED) is 0.906. The molecule has 0 saturated carbocycles. The van der Waals surface area contributed by atoms with Crippen molar-refractivity contribution in [3.05, 3.63) is 69.9 Å². The van der Waals surface area contributed by atoms with Crippen molar-refractivity contribution < 1.29 is 9.18 Å². The van der Waals surface area contributed by atoms with E-state index in [4.69, 9.17) is 0 Å². The van der Waals surface area contributed by atoms with Crippen LogP contribution in [0.2, 0.25) is 0 Å². The molecule has 2 aromatic carbocycles. The van der Waals surface area contributed by atoms with E-state index in [1.807, 2.05) is 31.2 Å². The lowest BCUT2D eigenvalue weighted by molar-refractivity contribution is 0.0939. The van der Waals surface area contributed by atoms with Gasteiger partial charge in [-0.15, -0.1) is 0 Å². The van der Waals surface area contributed by atoms with Crippen molar-refractivity contribution in [3.63, 3.8) is 0 Å². The smallest absolute Gasteiger partial charge is 0.251 e. The van der Waals surface area contributed by atoms with Gasteiger partial charge in [0.1, 0.15) is 5.82 Å². The van der Waals surface area contributed by atoms with Crippen LogP contribution in [0.3, 0.4) is 0 Å². The van der Waals surface area contributed by atoms with Crippen molar-refractivity contribution in [2.24, 2.45) is 0 Å². The number of hydrogen-bond acceptors (Lipinski definition) is 1. The fourth-order valence-electron chi connectivity index (χ4n) is 1.77. The Morgan fingerprint density at radius 1 is 1.21 bits per heavy atom. The Labute approximate surface area is 119 Å². The second-order valence-corrected chi connectivity index (χ2v) is 5.18. The molecule has 1 unspecified atom stereocenters. The van der Waals surface area contributed by atoms with E-state index in [2.05, 4.69) is 21.2 Å². The van der Waals surface area contributed by atoms with E-state index in [0.29, 0.717) is 5.56 Å². The molecule has 0 aliphatic rings. The van der Waals surface area contributed by atoms with Gasteiger partial charge in [0.2, 0.25) is 0 Å². The number of amides is 1. The molecule has 4 heteroatoms. The molecule has 1 atom stereocenters. The lowest BCUT2D eigenvalue weighted by Gasteiger charge is -2.14. The first-order valence-corrected chi connectivity index (χ1v) is 6.67. The molecule has 2 aromatic rings. The summed E-state index contributed by atoms with van der Waals surface area (Å²) in [5, 5.41) is 2.84. The summed E-state index contributed by atoms with van der Waals surface area (Å²) < 4.78 is 14.0. The van der Waals surface area contributed by atoms with Crippen LogP contribution in [-0.2, 0) is 0 Å². The zero-order chi connectivity index (χ0) is 13.8. The van der Waals surface area contributed by atoms with Gasteiger partial charge in [0.15, 0.2) is 0 Å². The molecule has 19 heavy (non-hydrogen) atoms. The average molecular weight is 322 g/mol. The predicted octanol–water partition coefficient (Wildman–Crippen LogP) is 4.08. The first kappa shape index (κ1) is 13.7. The van der Waals surface area contributed by atoms with E-state index < -0.39 is 5.82 Å². The van der Waals surface area contributed by atoms with E-state index in [9.17, 15) is 9.18 Å². The molecule has 1 N–H and O–H groups in total. The van der Waals surface area contributed by atoms with Gasteiger partial charge in [0.05, 0.1) is 6.04 Å². The third-order valence-electron chi connectivity index (χ3n) is 2.78. The molecule has 98 valence electrons. The topological polar surface area (TPSA) is 29.1 Å². The van der Waals surface area contributed by atoms with Crippen molar-refractivity contribution in [2.45, 2.75) is 13.0 Å². The molecule has 0 bridgehead atoms. The number of benzene rings is 2. The minimum absolute atomic E-state index is 0.145. The maximum absolute atomic E-state index is 13.1.